The molecule has 2 N–H and O–H groups in total. The predicted octanol–water partition coefficient (Wildman–Crippen LogP) is 2.22. The van der Waals surface area contributed by atoms with Gasteiger partial charge in [-0.1, -0.05) is 6.07 Å². The molecule has 0 atom stereocenters. The molecule has 0 aliphatic rings. The second kappa shape index (κ2) is 9.02. The van der Waals surface area contributed by atoms with Crippen molar-refractivity contribution in [3.05, 3.63) is 52.3 Å². The van der Waals surface area contributed by atoms with Crippen LogP contribution < -0.4 is 14.5 Å². The van der Waals surface area contributed by atoms with E-state index in [4.69, 9.17) is 4.74 Å². The summed E-state index contributed by atoms with van der Waals surface area (Å²) in [5, 5.41) is 13.5. The summed E-state index contributed by atoms with van der Waals surface area (Å²) in [4.78, 5) is 12.1. The van der Waals surface area contributed by atoms with Crippen LogP contribution in [0.25, 0.3) is 0 Å². The van der Waals surface area contributed by atoms with Gasteiger partial charge in [-0.25, -0.2) is 18.2 Å². The van der Waals surface area contributed by atoms with Gasteiger partial charge in [0, 0.05) is 0 Å². The molecule has 0 fully saturated rings. The molecule has 150 valence electrons. The van der Waals surface area contributed by atoms with Crippen molar-refractivity contribution < 1.29 is 27.4 Å². The van der Waals surface area contributed by atoms with E-state index in [1.54, 1.807) is 6.07 Å². The molecule has 0 aliphatic carbocycles. The molecule has 0 aromatic heterocycles. The summed E-state index contributed by atoms with van der Waals surface area (Å²) in [6, 6.07) is 7.93. The van der Waals surface area contributed by atoms with E-state index in [1.165, 1.54) is 37.6 Å². The zero-order valence-corrected chi connectivity index (χ0v) is 17.3. The topological polar surface area (TPSA) is 108 Å². The Labute approximate surface area is 169 Å². The average molecular weight is 474 g/mol. The summed E-state index contributed by atoms with van der Waals surface area (Å²) >= 11 is 3.16. The Balaban J connectivity index is 2.12. The highest BCUT2D eigenvalue weighted by atomic mass is 79.9. The number of aromatic hydroxyl groups is 1. The fraction of sp³-hybridized carbons (Fsp3) is 0.176. The molecular formula is C17H17BrFN3O5S. The number of carbonyl (C=O) groups is 1. The number of anilines is 1. The van der Waals surface area contributed by atoms with Crippen molar-refractivity contribution in [2.75, 3.05) is 24.2 Å². The number of phenolic OH excluding ortho intramolecular Hbond substituents is 1. The number of ether oxygens (including phenoxy) is 1. The van der Waals surface area contributed by atoms with E-state index in [0.717, 1.165) is 16.6 Å². The van der Waals surface area contributed by atoms with Crippen molar-refractivity contribution in [3.63, 3.8) is 0 Å². The van der Waals surface area contributed by atoms with Gasteiger partial charge in [0.15, 0.2) is 11.5 Å². The van der Waals surface area contributed by atoms with Gasteiger partial charge in [0.25, 0.3) is 5.91 Å². The lowest BCUT2D eigenvalue weighted by atomic mass is 10.2. The largest absolute Gasteiger partial charge is 0.503 e. The van der Waals surface area contributed by atoms with Gasteiger partial charge in [0.2, 0.25) is 10.0 Å². The molecule has 28 heavy (non-hydrogen) atoms. The smallest absolute Gasteiger partial charge is 0.260 e. The van der Waals surface area contributed by atoms with Gasteiger partial charge in [-0.15, -0.1) is 0 Å². The number of sulfonamides is 1. The van der Waals surface area contributed by atoms with Gasteiger partial charge in [0.1, 0.15) is 12.4 Å². The molecule has 0 radical (unpaired) electrons. The van der Waals surface area contributed by atoms with Crippen LogP contribution in [0.3, 0.4) is 0 Å². The number of halogens is 2. The monoisotopic (exact) mass is 473 g/mol. The van der Waals surface area contributed by atoms with Crippen molar-refractivity contribution in [3.8, 4) is 11.5 Å². The molecule has 0 saturated carbocycles. The third-order valence-corrected chi connectivity index (χ3v) is 5.20. The number of amides is 1. The first-order valence-electron chi connectivity index (χ1n) is 7.73. The van der Waals surface area contributed by atoms with Gasteiger partial charge >= 0.3 is 0 Å². The quantitative estimate of drug-likeness (QED) is 0.473. The predicted molar refractivity (Wildman–Crippen MR) is 107 cm³/mol. The fourth-order valence-electron chi connectivity index (χ4n) is 2.20. The summed E-state index contributed by atoms with van der Waals surface area (Å²) in [5.74, 6) is -1.23. The number of hydrogen-bond donors (Lipinski definition) is 2. The van der Waals surface area contributed by atoms with E-state index in [9.17, 15) is 22.7 Å². The van der Waals surface area contributed by atoms with Crippen LogP contribution in [0.2, 0.25) is 0 Å². The van der Waals surface area contributed by atoms with Crippen molar-refractivity contribution in [1.29, 1.82) is 0 Å². The van der Waals surface area contributed by atoms with Crippen LogP contribution in [0.15, 0.2) is 46.0 Å². The van der Waals surface area contributed by atoms with Gasteiger partial charge in [-0.3, -0.25) is 9.10 Å². The Kier molecular flexibility index (Phi) is 6.97. The maximum atomic E-state index is 13.4. The maximum absolute atomic E-state index is 13.4. The number of methoxy groups -OCH3 is 1. The van der Waals surface area contributed by atoms with Crippen LogP contribution in [0.4, 0.5) is 10.1 Å². The van der Waals surface area contributed by atoms with Crippen LogP contribution in [0, 0.1) is 5.82 Å². The fourth-order valence-corrected chi connectivity index (χ4v) is 3.51. The highest BCUT2D eigenvalue weighted by Crippen LogP contribution is 2.34. The summed E-state index contributed by atoms with van der Waals surface area (Å²) in [7, 11) is -2.44. The van der Waals surface area contributed by atoms with E-state index in [-0.39, 0.29) is 17.2 Å². The maximum Gasteiger partial charge on any atom is 0.260 e. The molecule has 11 heteroatoms. The number of hydrazone groups is 1. The van der Waals surface area contributed by atoms with E-state index in [2.05, 4.69) is 26.5 Å². The lowest BCUT2D eigenvalue weighted by Crippen LogP contribution is -2.39. The molecule has 8 nitrogen and oxygen atoms in total. The third kappa shape index (κ3) is 5.67. The molecule has 1 amide bonds. The number of benzene rings is 2. The second-order valence-corrected chi connectivity index (χ2v) is 8.36. The Morgan fingerprint density at radius 2 is 2.11 bits per heavy atom. The van der Waals surface area contributed by atoms with E-state index >= 15 is 0 Å². The van der Waals surface area contributed by atoms with E-state index in [1.807, 2.05) is 0 Å². The Hall–Kier alpha value is -2.66. The second-order valence-electron chi connectivity index (χ2n) is 5.60. The zero-order valence-electron chi connectivity index (χ0n) is 14.9. The summed E-state index contributed by atoms with van der Waals surface area (Å²) in [6.45, 7) is -0.581. The third-order valence-electron chi connectivity index (χ3n) is 3.46. The number of phenols is 1. The van der Waals surface area contributed by atoms with Crippen LogP contribution in [0.5, 0.6) is 11.5 Å². The first-order chi connectivity index (χ1) is 13.1. The average Bonchev–Trinajstić information content (AvgIpc) is 2.61. The molecule has 0 heterocycles. The zero-order chi connectivity index (χ0) is 20.9. The number of nitrogens with zero attached hydrogens (tertiary/aromatic N) is 2. The SMILES string of the molecule is COc1cc(/C=N\NC(=O)CN(c2cccc(F)c2)S(C)(=O)=O)cc(Br)c1O. The molecule has 0 bridgehead atoms. The molecule has 2 aromatic rings. The van der Waals surface area contributed by atoms with Crippen molar-refractivity contribution in [2.24, 2.45) is 5.10 Å². The van der Waals surface area contributed by atoms with Crippen molar-refractivity contribution in [2.45, 2.75) is 0 Å². The van der Waals surface area contributed by atoms with E-state index < -0.39 is 28.3 Å². The molecule has 0 spiro atoms. The number of hydrogen-bond acceptors (Lipinski definition) is 6. The minimum atomic E-state index is -3.82. The van der Waals surface area contributed by atoms with Gasteiger partial charge in [-0.05, 0) is 51.8 Å². The van der Waals surface area contributed by atoms with Gasteiger partial charge in [-0.2, -0.15) is 5.10 Å². The number of carbonyl (C=O) groups excluding carboxylic acids is 1. The van der Waals surface area contributed by atoms with Crippen molar-refractivity contribution >= 4 is 43.8 Å². The minimum absolute atomic E-state index is 0.0221. The first-order valence-corrected chi connectivity index (χ1v) is 10.4. The van der Waals surface area contributed by atoms with Crippen LogP contribution >= 0.6 is 15.9 Å². The van der Waals surface area contributed by atoms with E-state index in [0.29, 0.717) is 10.0 Å². The molecule has 0 aliphatic heterocycles. The van der Waals surface area contributed by atoms with Gasteiger partial charge in [0.05, 0.1) is 29.7 Å². The molecule has 2 aromatic carbocycles. The van der Waals surface area contributed by atoms with Crippen LogP contribution in [0.1, 0.15) is 5.56 Å². The highest BCUT2D eigenvalue weighted by molar-refractivity contribution is 9.10. The highest BCUT2D eigenvalue weighted by Gasteiger charge is 2.21. The number of nitrogens with one attached hydrogen (secondary N) is 1. The summed E-state index contributed by atoms with van der Waals surface area (Å²) in [5.41, 5.74) is 2.73. The first kappa shape index (κ1) is 21.6. The molecule has 0 unspecified atom stereocenters. The summed E-state index contributed by atoms with van der Waals surface area (Å²) < 4.78 is 43.4. The minimum Gasteiger partial charge on any atom is -0.503 e. The Morgan fingerprint density at radius 1 is 1.39 bits per heavy atom. The Bertz CT molecular complexity index is 1010. The molecule has 0 saturated heterocycles. The number of rotatable bonds is 7. The van der Waals surface area contributed by atoms with Crippen LogP contribution in [-0.2, 0) is 14.8 Å². The molecule has 2 rings (SSSR count). The lowest BCUT2D eigenvalue weighted by Gasteiger charge is -2.21. The standard InChI is InChI=1S/C17H17BrFN3O5S/c1-27-15-7-11(6-14(18)17(15)24)9-20-21-16(23)10-22(28(2,25)26)13-5-3-4-12(19)8-13/h3-9,24H,10H2,1-2H3,(H,21,23)/b20-9-. The normalized spacial score (nSPS) is 11.4. The lowest BCUT2D eigenvalue weighted by molar-refractivity contribution is -0.119. The summed E-state index contributed by atoms with van der Waals surface area (Å²) in [6.07, 6.45) is 2.20. The Morgan fingerprint density at radius 3 is 2.71 bits per heavy atom. The van der Waals surface area contributed by atoms with Crippen molar-refractivity contribution in [1.82, 2.24) is 5.43 Å². The van der Waals surface area contributed by atoms with Gasteiger partial charge < -0.3 is 9.84 Å². The molecular weight excluding hydrogens is 457 g/mol. The van der Waals surface area contributed by atoms with Crippen LogP contribution in [-0.4, -0.2) is 45.6 Å².